The molecule has 148 valence electrons. The molecule has 3 aromatic heterocycles. The van der Waals surface area contributed by atoms with Crippen molar-refractivity contribution in [3.05, 3.63) is 65.7 Å². The normalized spacial score (nSPS) is 11.6. The fourth-order valence-electron chi connectivity index (χ4n) is 3.43. The van der Waals surface area contributed by atoms with Crippen LogP contribution in [-0.2, 0) is 7.05 Å². The summed E-state index contributed by atoms with van der Waals surface area (Å²) in [5, 5.41) is 26.6. The third-order valence-corrected chi connectivity index (χ3v) is 5.75. The van der Waals surface area contributed by atoms with Crippen molar-refractivity contribution in [2.75, 3.05) is 5.43 Å². The van der Waals surface area contributed by atoms with Crippen LogP contribution in [0.25, 0.3) is 32.4 Å². The Kier molecular flexibility index (Phi) is 4.33. The van der Waals surface area contributed by atoms with E-state index >= 15 is 0 Å². The number of aromatic hydroxyl groups is 2. The first-order valence-electron chi connectivity index (χ1n) is 9.21. The number of phenols is 2. The predicted molar refractivity (Wildman–Crippen MR) is 120 cm³/mol. The van der Waals surface area contributed by atoms with Gasteiger partial charge in [0, 0.05) is 41.3 Å². The summed E-state index contributed by atoms with van der Waals surface area (Å²) >= 11 is 1.60. The summed E-state index contributed by atoms with van der Waals surface area (Å²) in [6, 6.07) is 14.5. The minimum absolute atomic E-state index is 0.0106. The molecular weight excluding hydrogens is 398 g/mol. The van der Waals surface area contributed by atoms with E-state index < -0.39 is 0 Å². The van der Waals surface area contributed by atoms with Crippen molar-refractivity contribution in [3.63, 3.8) is 0 Å². The zero-order valence-electron chi connectivity index (χ0n) is 15.9. The second kappa shape index (κ2) is 7.16. The maximum atomic E-state index is 9.89. The number of para-hydroxylation sites is 1. The molecule has 7 nitrogen and oxygen atoms in total. The van der Waals surface area contributed by atoms with Gasteiger partial charge < -0.3 is 14.8 Å². The molecule has 0 aliphatic heterocycles. The molecule has 0 radical (unpaired) electrons. The zero-order valence-corrected chi connectivity index (χ0v) is 16.8. The van der Waals surface area contributed by atoms with Crippen molar-refractivity contribution in [2.45, 2.75) is 0 Å². The average Bonchev–Trinajstić information content (AvgIpc) is 3.34. The molecule has 5 aromatic rings. The number of hydrazone groups is 1. The number of hydrogen-bond donors (Lipinski definition) is 3. The van der Waals surface area contributed by atoms with E-state index in [2.05, 4.69) is 38.4 Å². The lowest BCUT2D eigenvalue weighted by Gasteiger charge is -2.05. The molecule has 0 unspecified atom stereocenters. The van der Waals surface area contributed by atoms with Crippen LogP contribution in [-0.4, -0.2) is 31.0 Å². The summed E-state index contributed by atoms with van der Waals surface area (Å²) in [4.78, 5) is 9.27. The smallest absolute Gasteiger partial charge is 0.244 e. The number of rotatable bonds is 4. The van der Waals surface area contributed by atoms with E-state index in [1.807, 2.05) is 30.6 Å². The van der Waals surface area contributed by atoms with Crippen LogP contribution >= 0.6 is 11.3 Å². The van der Waals surface area contributed by atoms with Crippen LogP contribution in [0.5, 0.6) is 11.5 Å². The number of nitrogens with one attached hydrogen (secondary N) is 1. The first-order chi connectivity index (χ1) is 14.6. The van der Waals surface area contributed by atoms with Crippen LogP contribution in [0.2, 0.25) is 0 Å². The van der Waals surface area contributed by atoms with Crippen molar-refractivity contribution in [1.29, 1.82) is 0 Å². The number of fused-ring (bicyclic) bond motifs is 2. The third kappa shape index (κ3) is 3.13. The van der Waals surface area contributed by atoms with Gasteiger partial charge in [-0.2, -0.15) is 5.10 Å². The Labute approximate surface area is 175 Å². The SMILES string of the molecule is Cn1cc(-c2nc(N/N=C/c3ccc(O)cc3O)nc3ccsc23)c2ccccc21. The number of aryl methyl sites for hydroxylation is 1. The molecule has 2 aromatic carbocycles. The van der Waals surface area contributed by atoms with Gasteiger partial charge in [0.2, 0.25) is 5.95 Å². The highest BCUT2D eigenvalue weighted by atomic mass is 32.1. The number of nitrogens with zero attached hydrogens (tertiary/aromatic N) is 4. The summed E-state index contributed by atoms with van der Waals surface area (Å²) in [5.74, 6) is 0.285. The number of hydrogen-bond acceptors (Lipinski definition) is 7. The van der Waals surface area contributed by atoms with E-state index in [0.717, 1.165) is 32.4 Å². The van der Waals surface area contributed by atoms with Gasteiger partial charge in [-0.05, 0) is 29.6 Å². The number of aromatic nitrogens is 3. The van der Waals surface area contributed by atoms with Crippen molar-refractivity contribution < 1.29 is 10.2 Å². The Morgan fingerprint density at radius 3 is 2.83 bits per heavy atom. The Hall–Kier alpha value is -3.91. The van der Waals surface area contributed by atoms with Gasteiger partial charge in [0.25, 0.3) is 0 Å². The van der Waals surface area contributed by atoms with E-state index in [9.17, 15) is 10.2 Å². The van der Waals surface area contributed by atoms with Crippen LogP contribution in [0.15, 0.2) is 65.2 Å². The predicted octanol–water partition coefficient (Wildman–Crippen LogP) is 4.71. The van der Waals surface area contributed by atoms with Crippen molar-refractivity contribution in [1.82, 2.24) is 14.5 Å². The van der Waals surface area contributed by atoms with Crippen LogP contribution < -0.4 is 5.43 Å². The fraction of sp³-hybridized carbons (Fsp3) is 0.0455. The van der Waals surface area contributed by atoms with Gasteiger partial charge in [-0.3, -0.25) is 0 Å². The number of phenolic OH excluding ortho intramolecular Hbond substituents is 2. The molecule has 0 aliphatic carbocycles. The highest BCUT2D eigenvalue weighted by molar-refractivity contribution is 7.17. The monoisotopic (exact) mass is 415 g/mol. The molecule has 8 heteroatoms. The maximum absolute atomic E-state index is 9.89. The summed E-state index contributed by atoms with van der Waals surface area (Å²) in [7, 11) is 2.02. The fourth-order valence-corrected chi connectivity index (χ4v) is 4.26. The maximum Gasteiger partial charge on any atom is 0.244 e. The Bertz CT molecular complexity index is 1420. The third-order valence-electron chi connectivity index (χ3n) is 4.84. The van der Waals surface area contributed by atoms with Gasteiger partial charge in [-0.15, -0.1) is 11.3 Å². The van der Waals surface area contributed by atoms with Gasteiger partial charge in [0.15, 0.2) is 0 Å². The highest BCUT2D eigenvalue weighted by Gasteiger charge is 2.15. The lowest BCUT2D eigenvalue weighted by molar-refractivity contribution is 0.450. The van der Waals surface area contributed by atoms with E-state index in [-0.39, 0.29) is 11.5 Å². The first-order valence-corrected chi connectivity index (χ1v) is 10.1. The highest BCUT2D eigenvalue weighted by Crippen LogP contribution is 2.36. The molecular formula is C22H17N5O2S. The van der Waals surface area contributed by atoms with Gasteiger partial charge in [0.1, 0.15) is 11.5 Å². The molecule has 0 fully saturated rings. The summed E-state index contributed by atoms with van der Waals surface area (Å²) in [6.07, 6.45) is 3.53. The van der Waals surface area contributed by atoms with Gasteiger partial charge in [0.05, 0.1) is 22.1 Å². The minimum Gasteiger partial charge on any atom is -0.508 e. The van der Waals surface area contributed by atoms with E-state index in [4.69, 9.17) is 4.98 Å². The van der Waals surface area contributed by atoms with Crippen LogP contribution in [0.1, 0.15) is 5.56 Å². The van der Waals surface area contributed by atoms with E-state index in [1.165, 1.54) is 18.3 Å². The van der Waals surface area contributed by atoms with Crippen molar-refractivity contribution in [3.8, 4) is 22.8 Å². The molecule has 0 atom stereocenters. The molecule has 0 amide bonds. The summed E-state index contributed by atoms with van der Waals surface area (Å²) in [5.41, 5.74) is 7.16. The molecule has 0 saturated heterocycles. The Morgan fingerprint density at radius 2 is 1.97 bits per heavy atom. The van der Waals surface area contributed by atoms with Crippen LogP contribution in [0.3, 0.4) is 0 Å². The first kappa shape index (κ1) is 18.1. The molecule has 0 bridgehead atoms. The molecule has 0 aliphatic rings. The number of benzene rings is 2. The van der Waals surface area contributed by atoms with Gasteiger partial charge >= 0.3 is 0 Å². The second-order valence-electron chi connectivity index (χ2n) is 6.81. The quantitative estimate of drug-likeness (QED) is 0.292. The van der Waals surface area contributed by atoms with Crippen molar-refractivity contribution >= 4 is 44.6 Å². The average molecular weight is 415 g/mol. The molecule has 30 heavy (non-hydrogen) atoms. The van der Waals surface area contributed by atoms with Crippen molar-refractivity contribution in [2.24, 2.45) is 12.1 Å². The number of thiophene rings is 1. The second-order valence-corrected chi connectivity index (χ2v) is 7.73. The lowest BCUT2D eigenvalue weighted by Crippen LogP contribution is -1.98. The topological polar surface area (TPSA) is 95.6 Å². The molecule has 0 saturated carbocycles. The summed E-state index contributed by atoms with van der Waals surface area (Å²) in [6.45, 7) is 0. The van der Waals surface area contributed by atoms with Crippen LogP contribution in [0, 0.1) is 0 Å². The standard InChI is InChI=1S/C22H17N5O2S/c1-27-12-16(15-4-2-3-5-18(15)27)20-21-17(8-9-30-21)24-22(25-20)26-23-11-13-6-7-14(28)10-19(13)29/h2-12,28-29H,1H3,(H,24,25,26)/b23-11+. The molecule has 3 N–H and O–H groups in total. The Morgan fingerprint density at radius 1 is 1.10 bits per heavy atom. The van der Waals surface area contributed by atoms with Crippen LogP contribution in [0.4, 0.5) is 5.95 Å². The molecule has 3 heterocycles. The largest absolute Gasteiger partial charge is 0.508 e. The minimum atomic E-state index is -0.0637. The van der Waals surface area contributed by atoms with Gasteiger partial charge in [-0.1, -0.05) is 18.2 Å². The molecule has 0 spiro atoms. The molecule has 5 rings (SSSR count). The lowest BCUT2D eigenvalue weighted by atomic mass is 10.1. The van der Waals surface area contributed by atoms with E-state index in [1.54, 1.807) is 17.4 Å². The van der Waals surface area contributed by atoms with E-state index in [0.29, 0.717) is 11.5 Å². The zero-order chi connectivity index (χ0) is 20.7. The van der Waals surface area contributed by atoms with Gasteiger partial charge in [-0.25, -0.2) is 15.4 Å². The Balaban J connectivity index is 1.56. The summed E-state index contributed by atoms with van der Waals surface area (Å²) < 4.78 is 3.10. The number of anilines is 1.